The first-order valence-corrected chi connectivity index (χ1v) is 11.4. The maximum absolute atomic E-state index is 12.9. The van der Waals surface area contributed by atoms with E-state index in [2.05, 4.69) is 22.1 Å². The Hall–Kier alpha value is -2.64. The SMILES string of the molecule is O=C(Cc1cccs1)Nc1ccccc1NCC(=O)N1CCCC1c1cccs1. The van der Waals surface area contributed by atoms with Crippen LogP contribution in [-0.4, -0.2) is 29.8 Å². The first-order chi connectivity index (χ1) is 14.2. The lowest BCUT2D eigenvalue weighted by atomic mass is 10.2. The van der Waals surface area contributed by atoms with Gasteiger partial charge in [0.15, 0.2) is 0 Å². The molecule has 0 bridgehead atoms. The van der Waals surface area contributed by atoms with Gasteiger partial charge in [0.05, 0.1) is 30.4 Å². The van der Waals surface area contributed by atoms with Crippen molar-refractivity contribution < 1.29 is 9.59 Å². The highest BCUT2D eigenvalue weighted by Gasteiger charge is 2.30. The maximum Gasteiger partial charge on any atom is 0.242 e. The van der Waals surface area contributed by atoms with Gasteiger partial charge in [0, 0.05) is 16.3 Å². The molecule has 1 fully saturated rings. The fourth-order valence-electron chi connectivity index (χ4n) is 3.63. The summed E-state index contributed by atoms with van der Waals surface area (Å²) in [5, 5.41) is 10.2. The zero-order valence-corrected chi connectivity index (χ0v) is 17.6. The van der Waals surface area contributed by atoms with Gasteiger partial charge in [-0.1, -0.05) is 24.3 Å². The molecule has 2 N–H and O–H groups in total. The van der Waals surface area contributed by atoms with E-state index >= 15 is 0 Å². The molecule has 0 radical (unpaired) electrons. The van der Waals surface area contributed by atoms with Crippen LogP contribution in [0.25, 0.3) is 0 Å². The lowest BCUT2D eigenvalue weighted by Gasteiger charge is -2.24. The summed E-state index contributed by atoms with van der Waals surface area (Å²) in [6.45, 7) is 1.00. The summed E-state index contributed by atoms with van der Waals surface area (Å²) < 4.78 is 0. The lowest BCUT2D eigenvalue weighted by molar-refractivity contribution is -0.130. The van der Waals surface area contributed by atoms with E-state index in [1.54, 1.807) is 22.7 Å². The van der Waals surface area contributed by atoms with E-state index in [0.29, 0.717) is 12.1 Å². The Morgan fingerprint density at radius 3 is 2.55 bits per heavy atom. The second kappa shape index (κ2) is 9.24. The van der Waals surface area contributed by atoms with E-state index in [-0.39, 0.29) is 24.4 Å². The molecule has 1 saturated heterocycles. The van der Waals surface area contributed by atoms with Crippen LogP contribution in [0.5, 0.6) is 0 Å². The molecule has 5 nitrogen and oxygen atoms in total. The number of anilines is 2. The van der Waals surface area contributed by atoms with E-state index in [0.717, 1.165) is 30.0 Å². The van der Waals surface area contributed by atoms with Crippen LogP contribution in [0.4, 0.5) is 11.4 Å². The number of carbonyl (C=O) groups is 2. The average molecular weight is 426 g/mol. The molecule has 0 spiro atoms. The number of para-hydroxylation sites is 2. The quantitative estimate of drug-likeness (QED) is 0.573. The highest BCUT2D eigenvalue weighted by Crippen LogP contribution is 2.34. The summed E-state index contributed by atoms with van der Waals surface area (Å²) in [4.78, 5) is 29.4. The minimum atomic E-state index is -0.0645. The fraction of sp³-hybridized carbons (Fsp3) is 0.273. The number of thiophene rings is 2. The third-order valence-electron chi connectivity index (χ3n) is 4.99. The molecule has 4 rings (SSSR count). The summed E-state index contributed by atoms with van der Waals surface area (Å²) in [6.07, 6.45) is 2.40. The maximum atomic E-state index is 12.9. The monoisotopic (exact) mass is 425 g/mol. The van der Waals surface area contributed by atoms with Gasteiger partial charge in [-0.25, -0.2) is 0 Å². The zero-order chi connectivity index (χ0) is 20.1. The van der Waals surface area contributed by atoms with Gasteiger partial charge in [-0.05, 0) is 47.9 Å². The molecule has 1 aliphatic heterocycles. The smallest absolute Gasteiger partial charge is 0.242 e. The van der Waals surface area contributed by atoms with Crippen LogP contribution in [0.3, 0.4) is 0 Å². The summed E-state index contributed by atoms with van der Waals surface area (Å²) in [5.41, 5.74) is 1.45. The van der Waals surface area contributed by atoms with Crippen molar-refractivity contribution in [1.82, 2.24) is 4.90 Å². The van der Waals surface area contributed by atoms with E-state index in [9.17, 15) is 9.59 Å². The summed E-state index contributed by atoms with van der Waals surface area (Å²) >= 11 is 3.27. The van der Waals surface area contributed by atoms with Crippen LogP contribution in [-0.2, 0) is 16.0 Å². The van der Waals surface area contributed by atoms with Crippen molar-refractivity contribution in [2.45, 2.75) is 25.3 Å². The summed E-state index contributed by atoms with van der Waals surface area (Å²) in [6, 6.07) is 15.7. The highest BCUT2D eigenvalue weighted by atomic mass is 32.1. The number of likely N-dealkylation sites (tertiary alicyclic amines) is 1. The van der Waals surface area contributed by atoms with Gasteiger partial charge in [-0.2, -0.15) is 0 Å². The van der Waals surface area contributed by atoms with E-state index in [4.69, 9.17) is 0 Å². The van der Waals surface area contributed by atoms with Crippen LogP contribution < -0.4 is 10.6 Å². The van der Waals surface area contributed by atoms with Gasteiger partial charge in [0.25, 0.3) is 0 Å². The molecule has 1 unspecified atom stereocenters. The normalized spacial score (nSPS) is 16.0. The Kier molecular flexibility index (Phi) is 6.27. The van der Waals surface area contributed by atoms with Crippen LogP contribution >= 0.6 is 22.7 Å². The zero-order valence-electron chi connectivity index (χ0n) is 16.0. The summed E-state index contributed by atoms with van der Waals surface area (Å²) in [7, 11) is 0. The van der Waals surface area contributed by atoms with Crippen molar-refractivity contribution in [2.75, 3.05) is 23.7 Å². The number of nitrogens with zero attached hydrogens (tertiary/aromatic N) is 1. The number of benzene rings is 1. The molecular formula is C22H23N3O2S2. The van der Waals surface area contributed by atoms with Crippen molar-refractivity contribution >= 4 is 45.9 Å². The van der Waals surface area contributed by atoms with Gasteiger partial charge >= 0.3 is 0 Å². The minimum Gasteiger partial charge on any atom is -0.374 e. The third-order valence-corrected chi connectivity index (χ3v) is 6.84. The van der Waals surface area contributed by atoms with Crippen molar-refractivity contribution in [3.8, 4) is 0 Å². The van der Waals surface area contributed by atoms with Crippen molar-refractivity contribution in [2.24, 2.45) is 0 Å². The standard InChI is InChI=1S/C22H23N3O2S2/c26-21(14-16-6-4-12-28-16)24-18-8-2-1-7-17(18)23-15-22(27)25-11-3-9-19(25)20-10-5-13-29-20/h1-2,4-8,10,12-13,19,23H,3,9,11,14-15H2,(H,24,26). The second-order valence-electron chi connectivity index (χ2n) is 6.96. The van der Waals surface area contributed by atoms with Crippen LogP contribution in [0.1, 0.15) is 28.6 Å². The first kappa shape index (κ1) is 19.7. The van der Waals surface area contributed by atoms with E-state index in [1.807, 2.05) is 52.7 Å². The molecule has 1 atom stereocenters. The molecule has 0 aliphatic carbocycles. The Bertz CT molecular complexity index is 954. The van der Waals surface area contributed by atoms with Gasteiger partial charge in [0.1, 0.15) is 0 Å². The van der Waals surface area contributed by atoms with Gasteiger partial charge in [-0.15, -0.1) is 22.7 Å². The summed E-state index contributed by atoms with van der Waals surface area (Å²) in [5.74, 6) is 0.0194. The Balaban J connectivity index is 1.37. The molecule has 3 heterocycles. The van der Waals surface area contributed by atoms with Crippen LogP contribution in [0.15, 0.2) is 59.3 Å². The fourth-order valence-corrected chi connectivity index (χ4v) is 5.20. The molecule has 3 aromatic rings. The Morgan fingerprint density at radius 1 is 1.00 bits per heavy atom. The van der Waals surface area contributed by atoms with Crippen LogP contribution in [0.2, 0.25) is 0 Å². The Labute approximate surface area is 178 Å². The highest BCUT2D eigenvalue weighted by molar-refractivity contribution is 7.10. The molecular weight excluding hydrogens is 402 g/mol. The molecule has 1 aromatic carbocycles. The number of hydrogen-bond donors (Lipinski definition) is 2. The molecule has 150 valence electrons. The molecule has 7 heteroatoms. The molecule has 1 aliphatic rings. The van der Waals surface area contributed by atoms with E-state index < -0.39 is 0 Å². The Morgan fingerprint density at radius 2 is 1.79 bits per heavy atom. The number of hydrogen-bond acceptors (Lipinski definition) is 5. The number of nitrogens with one attached hydrogen (secondary N) is 2. The predicted octanol–water partition coefficient (Wildman–Crippen LogP) is 4.77. The molecule has 2 aromatic heterocycles. The number of amides is 2. The second-order valence-corrected chi connectivity index (χ2v) is 8.98. The number of carbonyl (C=O) groups excluding carboxylic acids is 2. The molecule has 0 saturated carbocycles. The first-order valence-electron chi connectivity index (χ1n) is 9.69. The average Bonchev–Trinajstić information content (AvgIpc) is 3.48. The topological polar surface area (TPSA) is 61.4 Å². The van der Waals surface area contributed by atoms with Gasteiger partial charge in [0.2, 0.25) is 11.8 Å². The van der Waals surface area contributed by atoms with Crippen LogP contribution in [0, 0.1) is 0 Å². The third kappa shape index (κ3) is 4.86. The largest absolute Gasteiger partial charge is 0.374 e. The lowest BCUT2D eigenvalue weighted by Crippen LogP contribution is -2.35. The number of rotatable bonds is 7. The van der Waals surface area contributed by atoms with Gasteiger partial charge < -0.3 is 15.5 Å². The molecule has 2 amide bonds. The molecule has 29 heavy (non-hydrogen) atoms. The predicted molar refractivity (Wildman–Crippen MR) is 120 cm³/mol. The van der Waals surface area contributed by atoms with Crippen molar-refractivity contribution in [3.05, 3.63) is 69.0 Å². The van der Waals surface area contributed by atoms with Crippen molar-refractivity contribution in [3.63, 3.8) is 0 Å². The minimum absolute atomic E-state index is 0.0645. The van der Waals surface area contributed by atoms with Crippen molar-refractivity contribution in [1.29, 1.82) is 0 Å². The van der Waals surface area contributed by atoms with Gasteiger partial charge in [-0.3, -0.25) is 9.59 Å². The van der Waals surface area contributed by atoms with E-state index in [1.165, 1.54) is 4.88 Å².